The second kappa shape index (κ2) is 4.87. The highest BCUT2D eigenvalue weighted by atomic mass is 16.3. The Bertz CT molecular complexity index is 596. The lowest BCUT2D eigenvalue weighted by atomic mass is 10.0. The Balaban J connectivity index is 1.85. The van der Waals surface area contributed by atoms with Crippen LogP contribution >= 0.6 is 0 Å². The van der Waals surface area contributed by atoms with Crippen LogP contribution in [0.2, 0.25) is 0 Å². The first kappa shape index (κ1) is 13.1. The first-order chi connectivity index (χ1) is 9.60. The van der Waals surface area contributed by atoms with Crippen LogP contribution in [0.25, 0.3) is 0 Å². The summed E-state index contributed by atoms with van der Waals surface area (Å²) >= 11 is 0. The summed E-state index contributed by atoms with van der Waals surface area (Å²) in [5, 5.41) is 31.0. The van der Waals surface area contributed by atoms with E-state index in [1.165, 1.54) is 0 Å². The van der Waals surface area contributed by atoms with Gasteiger partial charge in [-0.05, 0) is 36.6 Å². The fraction of sp³-hybridized carbons (Fsp3) is 0.429. The van der Waals surface area contributed by atoms with Crippen LogP contribution in [0.15, 0.2) is 18.2 Å². The van der Waals surface area contributed by atoms with E-state index in [2.05, 4.69) is 11.4 Å². The van der Waals surface area contributed by atoms with E-state index in [9.17, 15) is 15.0 Å². The summed E-state index contributed by atoms with van der Waals surface area (Å²) in [5.41, 5.74) is 1.92. The zero-order valence-electron chi connectivity index (χ0n) is 10.8. The first-order valence-electron chi connectivity index (χ1n) is 6.56. The Hall–Kier alpha value is -1.94. The molecule has 1 aromatic rings. The molecule has 3 N–H and O–H groups in total. The van der Waals surface area contributed by atoms with Crippen molar-refractivity contribution in [2.24, 2.45) is 0 Å². The molecule has 3 rings (SSSR count). The Morgan fingerprint density at radius 2 is 2.15 bits per heavy atom. The zero-order chi connectivity index (χ0) is 14.3. The molecule has 0 saturated carbocycles. The van der Waals surface area contributed by atoms with Crippen LogP contribution in [0, 0.1) is 11.3 Å². The summed E-state index contributed by atoms with van der Waals surface area (Å²) in [6, 6.07) is 6.70. The number of carbonyl (C=O) groups excluding carboxylic acids is 1. The predicted octanol–water partition coefficient (Wildman–Crippen LogP) is -0.0971. The van der Waals surface area contributed by atoms with Gasteiger partial charge in [0.05, 0.1) is 17.7 Å². The summed E-state index contributed by atoms with van der Waals surface area (Å²) in [7, 11) is 0. The number of nitriles is 1. The molecule has 2 heterocycles. The largest absolute Gasteiger partial charge is 0.379 e. The third-order valence-electron chi connectivity index (χ3n) is 3.93. The van der Waals surface area contributed by atoms with Crippen molar-refractivity contribution in [2.75, 3.05) is 0 Å². The number of carbonyl (C=O) groups is 1. The minimum Gasteiger partial charge on any atom is -0.379 e. The lowest BCUT2D eigenvalue weighted by Gasteiger charge is -2.37. The van der Waals surface area contributed by atoms with Gasteiger partial charge in [0.15, 0.2) is 0 Å². The van der Waals surface area contributed by atoms with Crippen molar-refractivity contribution in [2.45, 2.75) is 37.9 Å². The Kier molecular flexibility index (Phi) is 3.18. The molecule has 0 aliphatic carbocycles. The number of nitrogens with one attached hydrogen (secondary N) is 1. The molecule has 0 radical (unpaired) electrons. The molecule has 1 saturated heterocycles. The van der Waals surface area contributed by atoms with Crippen LogP contribution in [-0.2, 0) is 6.54 Å². The van der Waals surface area contributed by atoms with Crippen molar-refractivity contribution in [1.82, 2.24) is 10.2 Å². The van der Waals surface area contributed by atoms with E-state index in [-0.39, 0.29) is 11.9 Å². The molecule has 6 nitrogen and oxygen atoms in total. The van der Waals surface area contributed by atoms with E-state index in [0.29, 0.717) is 30.5 Å². The standard InChI is InChI=1S/C14H15N3O3/c15-6-8-1-2-10-9(5-8)7-17(14(10)20)11-3-4-12(18)16-13(11)19/h1-2,5,11-13,16,18-19H,3-4,7H2. The Labute approximate surface area is 116 Å². The average molecular weight is 273 g/mol. The lowest BCUT2D eigenvalue weighted by Crippen LogP contribution is -2.56. The van der Waals surface area contributed by atoms with Crippen molar-refractivity contribution < 1.29 is 15.0 Å². The van der Waals surface area contributed by atoms with Crippen LogP contribution in [0.1, 0.15) is 34.3 Å². The first-order valence-corrected chi connectivity index (χ1v) is 6.56. The molecule has 3 unspecified atom stereocenters. The van der Waals surface area contributed by atoms with Gasteiger partial charge in [-0.15, -0.1) is 0 Å². The molecule has 6 heteroatoms. The number of rotatable bonds is 1. The van der Waals surface area contributed by atoms with Gasteiger partial charge in [0.25, 0.3) is 5.91 Å². The number of hydrogen-bond acceptors (Lipinski definition) is 5. The minimum atomic E-state index is -0.938. The third kappa shape index (κ3) is 2.06. The van der Waals surface area contributed by atoms with Crippen molar-refractivity contribution in [3.8, 4) is 6.07 Å². The van der Waals surface area contributed by atoms with Gasteiger partial charge in [-0.25, -0.2) is 0 Å². The lowest BCUT2D eigenvalue weighted by molar-refractivity contribution is -0.0477. The molecule has 1 amide bonds. The highest BCUT2D eigenvalue weighted by Gasteiger charge is 2.38. The van der Waals surface area contributed by atoms with E-state index < -0.39 is 12.5 Å². The second-order valence-corrected chi connectivity index (χ2v) is 5.19. The fourth-order valence-corrected chi connectivity index (χ4v) is 2.88. The molecule has 1 fully saturated rings. The van der Waals surface area contributed by atoms with E-state index >= 15 is 0 Å². The summed E-state index contributed by atoms with van der Waals surface area (Å²) in [5.74, 6) is -0.133. The highest BCUT2D eigenvalue weighted by Crippen LogP contribution is 2.29. The van der Waals surface area contributed by atoms with Crippen molar-refractivity contribution in [3.63, 3.8) is 0 Å². The van der Waals surface area contributed by atoms with Crippen molar-refractivity contribution in [1.29, 1.82) is 5.26 Å². The number of hydrogen-bond donors (Lipinski definition) is 3. The minimum absolute atomic E-state index is 0.133. The molecule has 104 valence electrons. The number of aliphatic hydroxyl groups is 2. The average Bonchev–Trinajstić information content (AvgIpc) is 2.75. The SMILES string of the molecule is N#Cc1ccc2c(c1)CN(C1CCC(O)NC1O)C2=O. The summed E-state index contributed by atoms with van der Waals surface area (Å²) in [6.07, 6.45) is -0.634. The maximum absolute atomic E-state index is 12.4. The van der Waals surface area contributed by atoms with Crippen molar-refractivity contribution >= 4 is 5.91 Å². The molecule has 3 atom stereocenters. The Morgan fingerprint density at radius 1 is 1.35 bits per heavy atom. The quantitative estimate of drug-likeness (QED) is 0.664. The van der Waals surface area contributed by atoms with Gasteiger partial charge in [0, 0.05) is 12.1 Å². The number of fused-ring (bicyclic) bond motifs is 1. The zero-order valence-corrected chi connectivity index (χ0v) is 10.8. The van der Waals surface area contributed by atoms with Crippen LogP contribution in [0.5, 0.6) is 0 Å². The van der Waals surface area contributed by atoms with Gasteiger partial charge >= 0.3 is 0 Å². The number of amides is 1. The molecule has 0 bridgehead atoms. The number of benzene rings is 1. The van der Waals surface area contributed by atoms with Crippen molar-refractivity contribution in [3.05, 3.63) is 34.9 Å². The summed E-state index contributed by atoms with van der Waals surface area (Å²) < 4.78 is 0. The monoisotopic (exact) mass is 273 g/mol. The maximum atomic E-state index is 12.4. The van der Waals surface area contributed by atoms with E-state index in [1.54, 1.807) is 23.1 Å². The normalized spacial score (nSPS) is 29.1. The van der Waals surface area contributed by atoms with Gasteiger partial charge in [0.1, 0.15) is 12.5 Å². The molecular formula is C14H15N3O3. The van der Waals surface area contributed by atoms with Gasteiger partial charge in [-0.3, -0.25) is 10.1 Å². The van der Waals surface area contributed by atoms with Gasteiger partial charge < -0.3 is 15.1 Å². The topological polar surface area (TPSA) is 96.6 Å². The van der Waals surface area contributed by atoms with Crippen LogP contribution in [0.3, 0.4) is 0 Å². The van der Waals surface area contributed by atoms with Gasteiger partial charge in [-0.2, -0.15) is 5.26 Å². The molecular weight excluding hydrogens is 258 g/mol. The molecule has 1 aromatic carbocycles. The van der Waals surface area contributed by atoms with E-state index in [1.807, 2.05) is 0 Å². The maximum Gasteiger partial charge on any atom is 0.254 e. The number of piperidine rings is 1. The summed E-state index contributed by atoms with van der Waals surface area (Å²) in [4.78, 5) is 14.0. The van der Waals surface area contributed by atoms with Gasteiger partial charge in [0.2, 0.25) is 0 Å². The summed E-state index contributed by atoms with van der Waals surface area (Å²) in [6.45, 7) is 0.392. The second-order valence-electron chi connectivity index (χ2n) is 5.19. The third-order valence-corrected chi connectivity index (χ3v) is 3.93. The number of nitrogens with zero attached hydrogens (tertiary/aromatic N) is 2. The predicted molar refractivity (Wildman–Crippen MR) is 69.2 cm³/mol. The molecule has 2 aliphatic heterocycles. The molecule has 0 aromatic heterocycles. The Morgan fingerprint density at radius 3 is 2.85 bits per heavy atom. The van der Waals surface area contributed by atoms with Crippen LogP contribution in [-0.4, -0.2) is 39.5 Å². The van der Waals surface area contributed by atoms with E-state index in [4.69, 9.17) is 5.26 Å². The molecule has 20 heavy (non-hydrogen) atoms. The van der Waals surface area contributed by atoms with E-state index in [0.717, 1.165) is 5.56 Å². The fourth-order valence-electron chi connectivity index (χ4n) is 2.88. The highest BCUT2D eigenvalue weighted by molar-refractivity contribution is 5.98. The van der Waals surface area contributed by atoms with Gasteiger partial charge in [-0.1, -0.05) is 0 Å². The molecule has 2 aliphatic rings. The smallest absolute Gasteiger partial charge is 0.254 e. The van der Waals surface area contributed by atoms with Crippen LogP contribution in [0.4, 0.5) is 0 Å². The van der Waals surface area contributed by atoms with Crippen LogP contribution < -0.4 is 5.32 Å². The molecule has 0 spiro atoms. The number of aliphatic hydroxyl groups excluding tert-OH is 2.